The molecule has 1 unspecified atom stereocenters. The van der Waals surface area contributed by atoms with Crippen molar-refractivity contribution in [3.05, 3.63) is 55.2 Å². The van der Waals surface area contributed by atoms with Gasteiger partial charge in [0.1, 0.15) is 0 Å². The second-order valence-corrected chi connectivity index (χ2v) is 4.54. The predicted octanol–water partition coefficient (Wildman–Crippen LogP) is 3.93. The van der Waals surface area contributed by atoms with Crippen LogP contribution in [0.3, 0.4) is 0 Å². The molecular weight excluding hydrogens is 184 g/mol. The topological polar surface area (TPSA) is 9.23 Å². The lowest BCUT2D eigenvalue weighted by Gasteiger charge is -2.22. The van der Waals surface area contributed by atoms with Gasteiger partial charge in [0.15, 0.2) is 0 Å². The molecule has 1 radical (unpaired) electrons. The zero-order chi connectivity index (χ0) is 11.3. The Morgan fingerprint density at radius 2 is 1.80 bits per heavy atom. The molecule has 1 atom stereocenters. The Bertz CT molecular complexity index is 295. The first-order chi connectivity index (χ1) is 7.03. The summed E-state index contributed by atoms with van der Waals surface area (Å²) < 4.78 is 5.64. The lowest BCUT2D eigenvalue weighted by molar-refractivity contribution is 0.0375. The highest BCUT2D eigenvalue weighted by atomic mass is 16.5. The zero-order valence-electron chi connectivity index (χ0n) is 9.73. The molecule has 0 saturated carbocycles. The van der Waals surface area contributed by atoms with Gasteiger partial charge in [-0.05, 0) is 26.3 Å². The van der Waals surface area contributed by atoms with Crippen LogP contribution < -0.4 is 0 Å². The van der Waals surface area contributed by atoms with Gasteiger partial charge in [-0.25, -0.2) is 0 Å². The third kappa shape index (κ3) is 4.30. The van der Waals surface area contributed by atoms with Gasteiger partial charge < -0.3 is 4.74 Å². The fourth-order valence-corrected chi connectivity index (χ4v) is 1.22. The number of ether oxygens (including phenoxy) is 1. The Morgan fingerprint density at radius 3 is 2.27 bits per heavy atom. The van der Waals surface area contributed by atoms with Gasteiger partial charge in [-0.15, -0.1) is 6.58 Å². The summed E-state index contributed by atoms with van der Waals surface area (Å²) in [7, 11) is 0. The Kier molecular flexibility index (Phi) is 4.10. The van der Waals surface area contributed by atoms with Crippen molar-refractivity contribution in [3.63, 3.8) is 0 Å². The molecule has 0 spiro atoms. The van der Waals surface area contributed by atoms with Crippen molar-refractivity contribution in [2.24, 2.45) is 0 Å². The molecule has 81 valence electrons. The number of benzene rings is 1. The standard InChI is InChI=1S/C14H19O/c1-5-12(11-15-14(2,3)4)13-9-7-6-8-10-13/h5-12H,1H2,2-4H3. The van der Waals surface area contributed by atoms with Gasteiger partial charge >= 0.3 is 0 Å². The maximum atomic E-state index is 5.64. The SMILES string of the molecule is C=CC([CH]OC(C)(C)C)c1ccccc1. The van der Waals surface area contributed by atoms with Crippen LogP contribution in [0.25, 0.3) is 0 Å². The molecule has 15 heavy (non-hydrogen) atoms. The van der Waals surface area contributed by atoms with Gasteiger partial charge in [0.2, 0.25) is 0 Å². The minimum atomic E-state index is -0.143. The van der Waals surface area contributed by atoms with Crippen LogP contribution in [0, 0.1) is 6.61 Å². The molecule has 1 rings (SSSR count). The summed E-state index contributed by atoms with van der Waals surface area (Å²) in [5, 5.41) is 0. The van der Waals surface area contributed by atoms with Crippen molar-refractivity contribution in [3.8, 4) is 0 Å². The summed E-state index contributed by atoms with van der Waals surface area (Å²) in [6.45, 7) is 11.8. The molecule has 0 saturated heterocycles. The normalized spacial score (nSPS) is 13.5. The van der Waals surface area contributed by atoms with Crippen molar-refractivity contribution in [1.29, 1.82) is 0 Å². The monoisotopic (exact) mass is 203 g/mol. The van der Waals surface area contributed by atoms with Crippen molar-refractivity contribution in [2.75, 3.05) is 0 Å². The van der Waals surface area contributed by atoms with Crippen LogP contribution in [0.4, 0.5) is 0 Å². The smallest absolute Gasteiger partial charge is 0.0955 e. The van der Waals surface area contributed by atoms with E-state index in [1.807, 2.05) is 51.7 Å². The fourth-order valence-electron chi connectivity index (χ4n) is 1.22. The van der Waals surface area contributed by atoms with E-state index in [0.717, 1.165) is 0 Å². The largest absolute Gasteiger partial charge is 0.369 e. The minimum Gasteiger partial charge on any atom is -0.369 e. The van der Waals surface area contributed by atoms with Crippen molar-refractivity contribution in [1.82, 2.24) is 0 Å². The van der Waals surface area contributed by atoms with Crippen molar-refractivity contribution >= 4 is 0 Å². The van der Waals surface area contributed by atoms with Gasteiger partial charge in [-0.1, -0.05) is 36.4 Å². The van der Waals surface area contributed by atoms with Crippen LogP contribution in [0.5, 0.6) is 0 Å². The molecule has 1 nitrogen and oxygen atoms in total. The molecule has 0 aliphatic heterocycles. The van der Waals surface area contributed by atoms with Gasteiger partial charge in [-0.3, -0.25) is 0 Å². The van der Waals surface area contributed by atoms with Gasteiger partial charge in [-0.2, -0.15) is 0 Å². The van der Waals surface area contributed by atoms with E-state index in [0.29, 0.717) is 0 Å². The van der Waals surface area contributed by atoms with E-state index in [1.165, 1.54) is 5.56 Å². The van der Waals surface area contributed by atoms with Crippen molar-refractivity contribution < 1.29 is 4.74 Å². The second-order valence-electron chi connectivity index (χ2n) is 4.54. The Morgan fingerprint density at radius 1 is 1.20 bits per heavy atom. The number of rotatable bonds is 4. The first-order valence-electron chi connectivity index (χ1n) is 5.21. The highest BCUT2D eigenvalue weighted by molar-refractivity contribution is 5.25. The van der Waals surface area contributed by atoms with Crippen LogP contribution in [0.15, 0.2) is 43.0 Å². The molecule has 0 aliphatic rings. The van der Waals surface area contributed by atoms with Crippen LogP contribution in [0.1, 0.15) is 32.3 Å². The van der Waals surface area contributed by atoms with Crippen molar-refractivity contribution in [2.45, 2.75) is 32.3 Å². The summed E-state index contributed by atoms with van der Waals surface area (Å²) in [5.41, 5.74) is 1.06. The van der Waals surface area contributed by atoms with Gasteiger partial charge in [0.25, 0.3) is 0 Å². The third-order valence-corrected chi connectivity index (χ3v) is 2.01. The van der Waals surface area contributed by atoms with E-state index < -0.39 is 0 Å². The van der Waals surface area contributed by atoms with Crippen LogP contribution in [0.2, 0.25) is 0 Å². The van der Waals surface area contributed by atoms with Crippen LogP contribution >= 0.6 is 0 Å². The Labute approximate surface area is 92.8 Å². The molecule has 1 aromatic rings. The zero-order valence-corrected chi connectivity index (χ0v) is 9.73. The van der Waals surface area contributed by atoms with Crippen LogP contribution in [-0.2, 0) is 4.74 Å². The summed E-state index contributed by atoms with van der Waals surface area (Å²) in [5.74, 6) is 0.158. The predicted molar refractivity (Wildman–Crippen MR) is 64.5 cm³/mol. The number of hydrogen-bond donors (Lipinski definition) is 0. The molecule has 0 N–H and O–H groups in total. The van der Waals surface area contributed by atoms with E-state index in [1.54, 1.807) is 0 Å². The first-order valence-corrected chi connectivity index (χ1v) is 5.21. The fraction of sp³-hybridized carbons (Fsp3) is 0.357. The average Bonchev–Trinajstić information content (AvgIpc) is 2.19. The molecule has 0 fully saturated rings. The maximum Gasteiger partial charge on any atom is 0.0955 e. The van der Waals surface area contributed by atoms with E-state index in [-0.39, 0.29) is 11.5 Å². The molecule has 1 heteroatoms. The molecule has 0 aliphatic carbocycles. The minimum absolute atomic E-state index is 0.143. The van der Waals surface area contributed by atoms with Gasteiger partial charge in [0.05, 0.1) is 12.2 Å². The highest BCUT2D eigenvalue weighted by Crippen LogP contribution is 2.23. The van der Waals surface area contributed by atoms with E-state index in [2.05, 4.69) is 18.7 Å². The van der Waals surface area contributed by atoms with E-state index >= 15 is 0 Å². The highest BCUT2D eigenvalue weighted by Gasteiger charge is 2.14. The number of hydrogen-bond acceptors (Lipinski definition) is 1. The molecule has 0 aromatic heterocycles. The molecular formula is C14H19O. The first kappa shape index (κ1) is 12.0. The van der Waals surface area contributed by atoms with E-state index in [9.17, 15) is 0 Å². The summed E-state index contributed by atoms with van der Waals surface area (Å²) in [4.78, 5) is 0. The molecule has 1 aromatic carbocycles. The van der Waals surface area contributed by atoms with E-state index in [4.69, 9.17) is 4.74 Å². The lowest BCUT2D eigenvalue weighted by atomic mass is 10.00. The Hall–Kier alpha value is -1.08. The summed E-state index contributed by atoms with van der Waals surface area (Å²) in [6.07, 6.45) is 1.89. The quantitative estimate of drug-likeness (QED) is 0.674. The Balaban J connectivity index is 2.62. The third-order valence-electron chi connectivity index (χ3n) is 2.01. The average molecular weight is 203 g/mol. The molecule has 0 amide bonds. The summed E-state index contributed by atoms with van der Waals surface area (Å²) >= 11 is 0. The molecule has 0 heterocycles. The lowest BCUT2D eigenvalue weighted by Crippen LogP contribution is -2.19. The van der Waals surface area contributed by atoms with Gasteiger partial charge in [0, 0.05) is 5.92 Å². The second kappa shape index (κ2) is 5.13. The summed E-state index contributed by atoms with van der Waals surface area (Å²) in [6, 6.07) is 10.2. The van der Waals surface area contributed by atoms with Crippen LogP contribution in [-0.4, -0.2) is 5.60 Å². The maximum absolute atomic E-state index is 5.64. The molecule has 0 bridgehead atoms.